The summed E-state index contributed by atoms with van der Waals surface area (Å²) in [6, 6.07) is 8.63. The number of halogens is 2. The molecule has 1 N–H and O–H groups in total. The number of anilines is 1. The van der Waals surface area contributed by atoms with Gasteiger partial charge in [0.25, 0.3) is 0 Å². The van der Waals surface area contributed by atoms with E-state index in [0.717, 1.165) is 5.56 Å². The fourth-order valence-electron chi connectivity index (χ4n) is 2.01. The molecule has 0 saturated carbocycles. The topological polar surface area (TPSA) is 80.9 Å². The molecule has 1 aromatic carbocycles. The Morgan fingerprint density at radius 3 is 2.67 bits per heavy atom. The lowest BCUT2D eigenvalue weighted by molar-refractivity contribution is -0.116. The maximum Gasteiger partial charge on any atom is 0.227 e. The maximum atomic E-state index is 12.0. The third-order valence-corrected chi connectivity index (χ3v) is 3.81. The number of carbonyl (C=O) groups is 1. The number of benzene rings is 1. The van der Waals surface area contributed by atoms with Crippen LogP contribution < -0.4 is 5.32 Å². The van der Waals surface area contributed by atoms with E-state index >= 15 is 0 Å². The van der Waals surface area contributed by atoms with Gasteiger partial charge in [-0.2, -0.15) is 4.98 Å². The molecule has 8 heteroatoms. The van der Waals surface area contributed by atoms with Gasteiger partial charge >= 0.3 is 0 Å². The average molecular weight is 363 g/mol. The van der Waals surface area contributed by atoms with Crippen molar-refractivity contribution in [3.05, 3.63) is 58.7 Å². The number of hydrogen-bond acceptors (Lipinski definition) is 5. The number of amides is 1. The summed E-state index contributed by atoms with van der Waals surface area (Å²) in [7, 11) is 0. The molecule has 2 heterocycles. The Balaban J connectivity index is 1.60. The molecule has 0 atom stereocenters. The first-order chi connectivity index (χ1) is 11.6. The summed E-state index contributed by atoms with van der Waals surface area (Å²) in [5.74, 6) is 0.563. The quantitative estimate of drug-likeness (QED) is 0.741. The Labute approximate surface area is 147 Å². The molecule has 0 fully saturated rings. The zero-order chi connectivity index (χ0) is 16.9. The van der Waals surface area contributed by atoms with Gasteiger partial charge in [0, 0.05) is 30.8 Å². The van der Waals surface area contributed by atoms with E-state index in [0.29, 0.717) is 33.9 Å². The normalized spacial score (nSPS) is 10.6. The van der Waals surface area contributed by atoms with E-state index in [2.05, 4.69) is 20.4 Å². The number of aromatic nitrogens is 3. The van der Waals surface area contributed by atoms with Crippen molar-refractivity contribution >= 4 is 34.8 Å². The van der Waals surface area contributed by atoms with Crippen molar-refractivity contribution in [2.24, 2.45) is 0 Å². The molecular weight excluding hydrogens is 351 g/mol. The van der Waals surface area contributed by atoms with Crippen molar-refractivity contribution in [1.82, 2.24) is 15.1 Å². The molecule has 6 nitrogen and oxygen atoms in total. The number of para-hydroxylation sites is 1. The van der Waals surface area contributed by atoms with Crippen LogP contribution in [0.3, 0.4) is 0 Å². The summed E-state index contributed by atoms with van der Waals surface area (Å²) in [5, 5.41) is 7.33. The summed E-state index contributed by atoms with van der Waals surface area (Å²) < 4.78 is 5.15. The summed E-state index contributed by atoms with van der Waals surface area (Å²) in [4.78, 5) is 20.3. The number of carbonyl (C=O) groups excluding carboxylic acids is 1. The predicted octanol–water partition coefficient (Wildman–Crippen LogP) is 4.01. The minimum Gasteiger partial charge on any atom is -0.339 e. The molecule has 1 amide bonds. The van der Waals surface area contributed by atoms with Crippen LogP contribution in [0.2, 0.25) is 10.0 Å². The number of rotatable bonds is 5. The lowest BCUT2D eigenvalue weighted by Gasteiger charge is -2.08. The summed E-state index contributed by atoms with van der Waals surface area (Å²) >= 11 is 12.0. The van der Waals surface area contributed by atoms with Gasteiger partial charge in [0.05, 0.1) is 15.7 Å². The highest BCUT2D eigenvalue weighted by Gasteiger charge is 2.13. The van der Waals surface area contributed by atoms with Crippen molar-refractivity contribution in [1.29, 1.82) is 0 Å². The molecule has 24 heavy (non-hydrogen) atoms. The SMILES string of the molecule is O=C(CCc1nc(-c2cccnc2)no1)Nc1c(Cl)cccc1Cl. The summed E-state index contributed by atoms with van der Waals surface area (Å²) in [6.45, 7) is 0. The maximum absolute atomic E-state index is 12.0. The van der Waals surface area contributed by atoms with Crippen molar-refractivity contribution in [2.75, 3.05) is 5.32 Å². The molecule has 0 aliphatic heterocycles. The second-order valence-corrected chi connectivity index (χ2v) is 5.71. The number of nitrogens with zero attached hydrogens (tertiary/aromatic N) is 3. The molecule has 0 unspecified atom stereocenters. The van der Waals surface area contributed by atoms with Gasteiger partial charge < -0.3 is 9.84 Å². The summed E-state index contributed by atoms with van der Waals surface area (Å²) in [5.41, 5.74) is 1.15. The van der Waals surface area contributed by atoms with E-state index in [-0.39, 0.29) is 12.3 Å². The highest BCUT2D eigenvalue weighted by molar-refractivity contribution is 6.39. The molecule has 0 spiro atoms. The Morgan fingerprint density at radius 1 is 1.17 bits per heavy atom. The number of pyridine rings is 1. The van der Waals surface area contributed by atoms with Crippen LogP contribution in [0.25, 0.3) is 11.4 Å². The Hall–Kier alpha value is -2.44. The number of nitrogens with one attached hydrogen (secondary N) is 1. The zero-order valence-electron chi connectivity index (χ0n) is 12.4. The van der Waals surface area contributed by atoms with E-state index in [1.54, 1.807) is 36.7 Å². The van der Waals surface area contributed by atoms with Crippen LogP contribution in [0.15, 0.2) is 47.2 Å². The van der Waals surface area contributed by atoms with Gasteiger partial charge in [0.1, 0.15) is 0 Å². The number of aryl methyl sites for hydroxylation is 1. The fraction of sp³-hybridized carbons (Fsp3) is 0.125. The fourth-order valence-corrected chi connectivity index (χ4v) is 2.50. The molecule has 0 saturated heterocycles. The van der Waals surface area contributed by atoms with Crippen LogP contribution in [-0.2, 0) is 11.2 Å². The first-order valence-corrected chi connectivity index (χ1v) is 7.86. The van der Waals surface area contributed by atoms with Gasteiger partial charge in [-0.05, 0) is 24.3 Å². The minimum atomic E-state index is -0.244. The number of hydrogen-bond donors (Lipinski definition) is 1. The standard InChI is InChI=1S/C16H12Cl2N4O2/c17-11-4-1-5-12(18)15(11)20-13(23)6-7-14-21-16(22-24-14)10-3-2-8-19-9-10/h1-5,8-9H,6-7H2,(H,20,23). The van der Waals surface area contributed by atoms with Crippen molar-refractivity contribution in [2.45, 2.75) is 12.8 Å². The molecule has 0 radical (unpaired) electrons. The molecular formula is C16H12Cl2N4O2. The molecule has 0 aliphatic rings. The Morgan fingerprint density at radius 2 is 1.96 bits per heavy atom. The van der Waals surface area contributed by atoms with Crippen LogP contribution in [-0.4, -0.2) is 21.0 Å². The Bertz CT molecular complexity index is 832. The highest BCUT2D eigenvalue weighted by Crippen LogP contribution is 2.29. The zero-order valence-corrected chi connectivity index (χ0v) is 13.9. The largest absolute Gasteiger partial charge is 0.339 e. The van der Waals surface area contributed by atoms with Crippen LogP contribution >= 0.6 is 23.2 Å². The molecule has 0 aliphatic carbocycles. The molecule has 3 rings (SSSR count). The third-order valence-electron chi connectivity index (χ3n) is 3.18. The smallest absolute Gasteiger partial charge is 0.227 e. The van der Waals surface area contributed by atoms with Crippen LogP contribution in [0.1, 0.15) is 12.3 Å². The van der Waals surface area contributed by atoms with E-state index < -0.39 is 0 Å². The second-order valence-electron chi connectivity index (χ2n) is 4.90. The van der Waals surface area contributed by atoms with Crippen molar-refractivity contribution in [3.8, 4) is 11.4 Å². The average Bonchev–Trinajstić information content (AvgIpc) is 3.06. The van der Waals surface area contributed by atoms with Crippen LogP contribution in [0.5, 0.6) is 0 Å². The van der Waals surface area contributed by atoms with E-state index in [4.69, 9.17) is 27.7 Å². The first-order valence-electron chi connectivity index (χ1n) is 7.10. The molecule has 0 bridgehead atoms. The van der Waals surface area contributed by atoms with Gasteiger partial charge in [0.15, 0.2) is 0 Å². The lowest BCUT2D eigenvalue weighted by atomic mass is 10.2. The lowest BCUT2D eigenvalue weighted by Crippen LogP contribution is -2.13. The van der Waals surface area contributed by atoms with Gasteiger partial charge in [-0.25, -0.2) is 0 Å². The van der Waals surface area contributed by atoms with Crippen molar-refractivity contribution < 1.29 is 9.32 Å². The summed E-state index contributed by atoms with van der Waals surface area (Å²) in [6.07, 6.45) is 3.77. The van der Waals surface area contributed by atoms with E-state index in [1.807, 2.05) is 6.07 Å². The second kappa shape index (κ2) is 7.42. The van der Waals surface area contributed by atoms with E-state index in [1.165, 1.54) is 0 Å². The first kappa shape index (κ1) is 16.4. The molecule has 3 aromatic rings. The van der Waals surface area contributed by atoms with Gasteiger partial charge in [-0.1, -0.05) is 34.4 Å². The monoisotopic (exact) mass is 362 g/mol. The predicted molar refractivity (Wildman–Crippen MR) is 90.9 cm³/mol. The van der Waals surface area contributed by atoms with Gasteiger partial charge in [-0.3, -0.25) is 9.78 Å². The van der Waals surface area contributed by atoms with Crippen LogP contribution in [0, 0.1) is 0 Å². The third kappa shape index (κ3) is 3.90. The molecule has 122 valence electrons. The van der Waals surface area contributed by atoms with Crippen LogP contribution in [0.4, 0.5) is 5.69 Å². The van der Waals surface area contributed by atoms with E-state index in [9.17, 15) is 4.79 Å². The van der Waals surface area contributed by atoms with Gasteiger partial charge in [-0.15, -0.1) is 0 Å². The Kier molecular flexibility index (Phi) is 5.08. The molecule has 2 aromatic heterocycles. The van der Waals surface area contributed by atoms with Gasteiger partial charge in [0.2, 0.25) is 17.6 Å². The highest BCUT2D eigenvalue weighted by atomic mass is 35.5. The van der Waals surface area contributed by atoms with Crippen molar-refractivity contribution in [3.63, 3.8) is 0 Å². The minimum absolute atomic E-state index is 0.163.